The molecule has 1 heterocycles. The van der Waals surface area contributed by atoms with Crippen LogP contribution in [0, 0.1) is 6.92 Å². The van der Waals surface area contributed by atoms with Crippen LogP contribution in [0.4, 0.5) is 5.69 Å². The molecule has 22 heavy (non-hydrogen) atoms. The zero-order chi connectivity index (χ0) is 15.9. The molecule has 1 amide bonds. The topological polar surface area (TPSA) is 43.8 Å². The first-order valence-corrected chi connectivity index (χ1v) is 8.33. The Morgan fingerprint density at radius 3 is 2.50 bits per heavy atom. The third-order valence-corrected chi connectivity index (χ3v) is 4.41. The zero-order valence-electron chi connectivity index (χ0n) is 13.8. The van der Waals surface area contributed by atoms with Crippen molar-refractivity contribution < 1.29 is 9.90 Å². The van der Waals surface area contributed by atoms with E-state index >= 15 is 0 Å². The summed E-state index contributed by atoms with van der Waals surface area (Å²) in [4.78, 5) is 16.6. The highest BCUT2D eigenvalue weighted by atomic mass is 16.2. The first-order chi connectivity index (χ1) is 10.6. The van der Waals surface area contributed by atoms with E-state index in [0.717, 1.165) is 44.5 Å². The van der Waals surface area contributed by atoms with Crippen molar-refractivity contribution in [3.8, 4) is 0 Å². The van der Waals surface area contributed by atoms with E-state index in [2.05, 4.69) is 30.9 Å². The van der Waals surface area contributed by atoms with Crippen LogP contribution in [0.15, 0.2) is 24.3 Å². The molecule has 1 fully saturated rings. The quantitative estimate of drug-likeness (QED) is 0.788. The van der Waals surface area contributed by atoms with Crippen molar-refractivity contribution in [1.29, 1.82) is 0 Å². The summed E-state index contributed by atoms with van der Waals surface area (Å²) >= 11 is 0. The SMILES string of the molecule is Cc1ccc(N2CC(C)N(CCCCCCO)CC2=O)cc1. The van der Waals surface area contributed by atoms with Gasteiger partial charge in [0.2, 0.25) is 5.91 Å². The average Bonchev–Trinajstić information content (AvgIpc) is 2.51. The number of aliphatic hydroxyl groups is 1. The third-order valence-electron chi connectivity index (χ3n) is 4.41. The number of rotatable bonds is 7. The highest BCUT2D eigenvalue weighted by Gasteiger charge is 2.29. The molecule has 0 spiro atoms. The van der Waals surface area contributed by atoms with Gasteiger partial charge in [0, 0.05) is 24.9 Å². The summed E-state index contributed by atoms with van der Waals surface area (Å²) in [5.41, 5.74) is 2.22. The second-order valence-electron chi connectivity index (χ2n) is 6.30. The van der Waals surface area contributed by atoms with Crippen molar-refractivity contribution >= 4 is 11.6 Å². The fraction of sp³-hybridized carbons (Fsp3) is 0.611. The molecule has 0 radical (unpaired) electrons. The molecule has 1 aromatic rings. The molecule has 0 aliphatic carbocycles. The van der Waals surface area contributed by atoms with Crippen LogP contribution in [0.3, 0.4) is 0 Å². The third kappa shape index (κ3) is 4.55. The molecule has 1 atom stereocenters. The summed E-state index contributed by atoms with van der Waals surface area (Å²) in [6.45, 7) is 6.78. The number of benzene rings is 1. The molecule has 1 unspecified atom stereocenters. The lowest BCUT2D eigenvalue weighted by Gasteiger charge is -2.39. The molecular weight excluding hydrogens is 276 g/mol. The lowest BCUT2D eigenvalue weighted by Crippen LogP contribution is -2.55. The van der Waals surface area contributed by atoms with E-state index in [4.69, 9.17) is 5.11 Å². The number of carbonyl (C=O) groups excluding carboxylic acids is 1. The monoisotopic (exact) mass is 304 g/mol. The Labute approximate surface area is 133 Å². The fourth-order valence-corrected chi connectivity index (χ4v) is 2.95. The van der Waals surface area contributed by atoms with Gasteiger partial charge < -0.3 is 10.0 Å². The van der Waals surface area contributed by atoms with Crippen molar-refractivity contribution in [1.82, 2.24) is 4.90 Å². The summed E-state index contributed by atoms with van der Waals surface area (Å²) in [7, 11) is 0. The first-order valence-electron chi connectivity index (χ1n) is 8.33. The summed E-state index contributed by atoms with van der Waals surface area (Å²) in [6, 6.07) is 8.56. The maximum Gasteiger partial charge on any atom is 0.241 e. The number of unbranched alkanes of at least 4 members (excludes halogenated alkanes) is 3. The molecular formula is C18H28N2O2. The van der Waals surface area contributed by atoms with Gasteiger partial charge in [-0.15, -0.1) is 0 Å². The van der Waals surface area contributed by atoms with Crippen LogP contribution in [0.1, 0.15) is 38.2 Å². The number of piperazine rings is 1. The molecule has 0 aromatic heterocycles. The largest absolute Gasteiger partial charge is 0.396 e. The van der Waals surface area contributed by atoms with E-state index in [1.807, 2.05) is 17.0 Å². The molecule has 1 aromatic carbocycles. The Morgan fingerprint density at radius 2 is 1.82 bits per heavy atom. The minimum absolute atomic E-state index is 0.192. The molecule has 1 N–H and O–H groups in total. The highest BCUT2D eigenvalue weighted by Crippen LogP contribution is 2.21. The summed E-state index contributed by atoms with van der Waals surface area (Å²) in [6.07, 6.45) is 4.18. The molecule has 2 rings (SSSR count). The maximum atomic E-state index is 12.4. The molecule has 0 bridgehead atoms. The van der Waals surface area contributed by atoms with Crippen LogP contribution in [0.2, 0.25) is 0 Å². The maximum absolute atomic E-state index is 12.4. The van der Waals surface area contributed by atoms with Crippen molar-refractivity contribution in [2.75, 3.05) is 31.1 Å². The van der Waals surface area contributed by atoms with Crippen LogP contribution in [-0.2, 0) is 4.79 Å². The standard InChI is InChI=1S/C18H28N2O2/c1-15-7-9-17(10-8-15)20-13-16(2)19(14-18(20)22)11-5-3-4-6-12-21/h7-10,16,21H,3-6,11-14H2,1-2H3. The number of hydrogen-bond donors (Lipinski definition) is 1. The lowest BCUT2D eigenvalue weighted by atomic mass is 10.1. The van der Waals surface area contributed by atoms with E-state index in [1.165, 1.54) is 5.56 Å². The fourth-order valence-electron chi connectivity index (χ4n) is 2.95. The number of carbonyl (C=O) groups is 1. The van der Waals surface area contributed by atoms with Gasteiger partial charge in [-0.05, 0) is 45.4 Å². The van der Waals surface area contributed by atoms with Gasteiger partial charge in [0.15, 0.2) is 0 Å². The first kappa shape index (κ1) is 17.0. The Kier molecular flexibility index (Phi) is 6.40. The van der Waals surface area contributed by atoms with Crippen molar-refractivity contribution in [3.05, 3.63) is 29.8 Å². The van der Waals surface area contributed by atoms with Crippen molar-refractivity contribution in [2.45, 2.75) is 45.6 Å². The summed E-state index contributed by atoms with van der Waals surface area (Å²) < 4.78 is 0. The van der Waals surface area contributed by atoms with Gasteiger partial charge in [-0.3, -0.25) is 9.69 Å². The number of nitrogens with zero attached hydrogens (tertiary/aromatic N) is 2. The molecule has 1 aliphatic heterocycles. The molecule has 1 saturated heterocycles. The summed E-state index contributed by atoms with van der Waals surface area (Å²) in [5, 5.41) is 8.79. The Bertz CT molecular complexity index is 472. The number of anilines is 1. The van der Waals surface area contributed by atoms with Gasteiger partial charge in [0.05, 0.1) is 6.54 Å². The second-order valence-corrected chi connectivity index (χ2v) is 6.30. The minimum atomic E-state index is 0.192. The van der Waals surface area contributed by atoms with E-state index in [9.17, 15) is 4.79 Å². The van der Waals surface area contributed by atoms with Crippen molar-refractivity contribution in [3.63, 3.8) is 0 Å². The van der Waals surface area contributed by atoms with Gasteiger partial charge in [-0.2, -0.15) is 0 Å². The van der Waals surface area contributed by atoms with E-state index < -0.39 is 0 Å². The minimum Gasteiger partial charge on any atom is -0.396 e. The summed E-state index contributed by atoms with van der Waals surface area (Å²) in [5.74, 6) is 0.192. The van der Waals surface area contributed by atoms with E-state index in [0.29, 0.717) is 12.6 Å². The normalized spacial score (nSPS) is 19.7. The van der Waals surface area contributed by atoms with Crippen LogP contribution in [-0.4, -0.2) is 48.2 Å². The van der Waals surface area contributed by atoms with Crippen LogP contribution in [0.25, 0.3) is 0 Å². The molecule has 0 saturated carbocycles. The highest BCUT2D eigenvalue weighted by molar-refractivity contribution is 5.95. The number of aliphatic hydroxyl groups excluding tert-OH is 1. The van der Waals surface area contributed by atoms with Gasteiger partial charge in [0.25, 0.3) is 0 Å². The number of aryl methyl sites for hydroxylation is 1. The second kappa shape index (κ2) is 8.30. The van der Waals surface area contributed by atoms with Crippen LogP contribution < -0.4 is 4.90 Å². The molecule has 4 heteroatoms. The number of amides is 1. The average molecular weight is 304 g/mol. The molecule has 1 aliphatic rings. The van der Waals surface area contributed by atoms with E-state index in [-0.39, 0.29) is 12.5 Å². The van der Waals surface area contributed by atoms with Crippen LogP contribution in [0.5, 0.6) is 0 Å². The number of hydrogen-bond acceptors (Lipinski definition) is 3. The Morgan fingerprint density at radius 1 is 1.14 bits per heavy atom. The predicted molar refractivity (Wildman–Crippen MR) is 90.1 cm³/mol. The van der Waals surface area contributed by atoms with E-state index in [1.54, 1.807) is 0 Å². The van der Waals surface area contributed by atoms with Crippen molar-refractivity contribution in [2.24, 2.45) is 0 Å². The lowest BCUT2D eigenvalue weighted by molar-refractivity contribution is -0.122. The Balaban J connectivity index is 1.86. The van der Waals surface area contributed by atoms with Gasteiger partial charge >= 0.3 is 0 Å². The molecule has 122 valence electrons. The predicted octanol–water partition coefficient (Wildman–Crippen LogP) is 2.58. The zero-order valence-corrected chi connectivity index (χ0v) is 13.8. The van der Waals surface area contributed by atoms with Gasteiger partial charge in [0.1, 0.15) is 0 Å². The Hall–Kier alpha value is -1.39. The van der Waals surface area contributed by atoms with Crippen LogP contribution >= 0.6 is 0 Å². The van der Waals surface area contributed by atoms with Gasteiger partial charge in [-0.1, -0.05) is 30.5 Å². The van der Waals surface area contributed by atoms with Gasteiger partial charge in [-0.25, -0.2) is 0 Å². The smallest absolute Gasteiger partial charge is 0.241 e. The molecule has 4 nitrogen and oxygen atoms in total.